The van der Waals surface area contributed by atoms with Crippen molar-refractivity contribution in [1.29, 1.82) is 0 Å². The van der Waals surface area contributed by atoms with Crippen molar-refractivity contribution >= 4 is 0 Å². The summed E-state index contributed by atoms with van der Waals surface area (Å²) in [5, 5.41) is 17.3. The second kappa shape index (κ2) is 88.8. The van der Waals surface area contributed by atoms with E-state index in [1.165, 1.54) is 0 Å². The van der Waals surface area contributed by atoms with Gasteiger partial charge in [0.25, 0.3) is 0 Å². The Morgan fingerprint density at radius 2 is 0.264 bits per heavy atom. The number of aliphatic hydroxyl groups excluding tert-OH is 2. The maximum atomic E-state index is 8.64. The van der Waals surface area contributed by atoms with Crippen LogP contribution in [-0.2, 0) is 142 Å². The van der Waals surface area contributed by atoms with Crippen molar-refractivity contribution in [2.24, 2.45) is 11.8 Å². The Morgan fingerprint density at radius 3 is 0.358 bits per heavy atom. The highest BCUT2D eigenvalue weighted by Gasteiger charge is 2.28. The predicted molar refractivity (Wildman–Crippen MR) is 393 cm³/mol. The summed E-state index contributed by atoms with van der Waals surface area (Å²) in [6, 6.07) is 0. The Balaban J connectivity index is 3.65. The minimum atomic E-state index is -0.671. The van der Waals surface area contributed by atoms with Crippen LogP contribution in [0, 0.1) is 23.7 Å². The smallest absolute Gasteiger partial charge is 0.126 e. The Hall–Kier alpha value is -1.72. The van der Waals surface area contributed by atoms with Crippen LogP contribution in [0.4, 0.5) is 0 Å². The Labute approximate surface area is 635 Å². The molecule has 0 aliphatic heterocycles. The number of ether oxygens (including phenoxy) is 30. The minimum Gasteiger partial charge on any atom is -0.394 e. The molecule has 32 heteroatoms. The maximum Gasteiger partial charge on any atom is 0.126 e. The lowest BCUT2D eigenvalue weighted by molar-refractivity contribution is -0.0497. The molecule has 0 rings (SSSR count). The van der Waals surface area contributed by atoms with E-state index in [1.54, 1.807) is 0 Å². The number of hydrogen-bond acceptors (Lipinski definition) is 32. The molecule has 0 aliphatic carbocycles. The summed E-state index contributed by atoms with van der Waals surface area (Å²) in [6.45, 7) is 39.8. The van der Waals surface area contributed by atoms with Crippen LogP contribution in [0.5, 0.6) is 0 Å². The van der Waals surface area contributed by atoms with Crippen molar-refractivity contribution in [2.45, 2.75) is 65.6 Å². The lowest BCUT2D eigenvalue weighted by Gasteiger charge is -2.30. The van der Waals surface area contributed by atoms with Gasteiger partial charge >= 0.3 is 0 Å². The molecular weight excluding hydrogens is 1400 g/mol. The molecule has 634 valence electrons. The molecule has 0 bridgehead atoms. The van der Waals surface area contributed by atoms with Crippen molar-refractivity contribution in [3.8, 4) is 11.8 Å². The van der Waals surface area contributed by atoms with Crippen molar-refractivity contribution < 1.29 is 152 Å². The average Bonchev–Trinajstić information content (AvgIpc) is 0.854. The average molecular weight is 1550 g/mol. The summed E-state index contributed by atoms with van der Waals surface area (Å²) >= 11 is 0. The van der Waals surface area contributed by atoms with E-state index in [-0.39, 0.29) is 13.2 Å². The maximum absolute atomic E-state index is 8.64. The summed E-state index contributed by atoms with van der Waals surface area (Å²) in [4.78, 5) is 0. The lowest BCUT2D eigenvalue weighted by Crippen LogP contribution is -2.34. The molecular formula is C74H146O32. The highest BCUT2D eigenvalue weighted by molar-refractivity contribution is 5.21. The fourth-order valence-corrected chi connectivity index (χ4v) is 8.82. The lowest BCUT2D eigenvalue weighted by atomic mass is 9.90. The molecule has 0 aromatic heterocycles. The van der Waals surface area contributed by atoms with Gasteiger partial charge in [0.2, 0.25) is 0 Å². The molecule has 0 spiro atoms. The highest BCUT2D eigenvalue weighted by Crippen LogP contribution is 2.24. The molecule has 106 heavy (non-hydrogen) atoms. The van der Waals surface area contributed by atoms with E-state index in [0.29, 0.717) is 395 Å². The summed E-state index contributed by atoms with van der Waals surface area (Å²) in [6.07, 6.45) is 1.53. The number of rotatable bonds is 94. The predicted octanol–water partition coefficient (Wildman–Crippen LogP) is 3.08. The van der Waals surface area contributed by atoms with Gasteiger partial charge in [0.05, 0.1) is 396 Å². The first-order valence-electron chi connectivity index (χ1n) is 38.4. The van der Waals surface area contributed by atoms with Gasteiger partial charge in [0, 0.05) is 0 Å². The Morgan fingerprint density at radius 1 is 0.170 bits per heavy atom. The highest BCUT2D eigenvalue weighted by atomic mass is 16.6. The molecule has 0 aromatic rings. The van der Waals surface area contributed by atoms with E-state index >= 15 is 0 Å². The first-order valence-corrected chi connectivity index (χ1v) is 38.4. The van der Waals surface area contributed by atoms with Crippen LogP contribution in [0.25, 0.3) is 0 Å². The van der Waals surface area contributed by atoms with E-state index in [1.807, 2.05) is 13.8 Å². The second-order valence-corrected chi connectivity index (χ2v) is 24.2. The van der Waals surface area contributed by atoms with E-state index in [0.717, 1.165) is 12.8 Å². The van der Waals surface area contributed by atoms with Gasteiger partial charge in [-0.25, -0.2) is 0 Å². The van der Waals surface area contributed by atoms with Gasteiger partial charge in [-0.15, -0.1) is 0 Å². The Bertz CT molecular complexity index is 1600. The molecule has 2 atom stereocenters. The summed E-state index contributed by atoms with van der Waals surface area (Å²) in [5.41, 5.74) is -1.34. The van der Waals surface area contributed by atoms with Crippen LogP contribution in [0.2, 0.25) is 0 Å². The molecule has 0 aliphatic rings. The van der Waals surface area contributed by atoms with Crippen LogP contribution in [0.3, 0.4) is 0 Å². The zero-order valence-corrected chi connectivity index (χ0v) is 66.1. The third-order valence-corrected chi connectivity index (χ3v) is 13.6. The molecule has 0 aromatic carbocycles. The molecule has 2 N–H and O–H groups in total. The van der Waals surface area contributed by atoms with Crippen molar-refractivity contribution in [3.63, 3.8) is 0 Å². The second-order valence-electron chi connectivity index (χ2n) is 24.2. The normalized spacial score (nSPS) is 13.0. The van der Waals surface area contributed by atoms with Gasteiger partial charge in [-0.05, 0) is 38.5 Å². The van der Waals surface area contributed by atoms with Crippen LogP contribution in [-0.4, -0.2) is 418 Å². The van der Waals surface area contributed by atoms with E-state index in [2.05, 4.69) is 39.5 Å². The monoisotopic (exact) mass is 1550 g/mol. The molecule has 0 fully saturated rings. The third-order valence-electron chi connectivity index (χ3n) is 13.6. The number of aliphatic hydroxyl groups is 2. The van der Waals surface area contributed by atoms with Crippen LogP contribution in [0.15, 0.2) is 0 Å². The first kappa shape index (κ1) is 104. The molecule has 0 saturated heterocycles. The summed E-state index contributed by atoms with van der Waals surface area (Å²) < 4.78 is 167. The third kappa shape index (κ3) is 87.9. The fraction of sp³-hybridized carbons (Fsp3) is 0.973. The van der Waals surface area contributed by atoms with E-state index in [4.69, 9.17) is 152 Å². The number of hydrogen-bond donors (Lipinski definition) is 2. The molecule has 32 nitrogen and oxygen atoms in total. The molecule has 0 radical (unpaired) electrons. The molecule has 0 heterocycles. The standard InChI is InChI=1S/C74H146O32/c1-71(2)69-73(5,105-67-65-103-63-61-101-59-57-99-55-53-97-51-49-95-47-45-93-43-41-91-39-37-89-35-33-87-31-29-85-27-25-83-23-21-81-19-17-79-15-13-77-11-9-75)7-8-74(6,70-72(3)4)106-68-66-104-64-62-102-60-58-100-56-54-98-52-50-96-48-46-94-44-42-92-40-38-90-36-34-88-32-30-86-28-26-84-24-22-82-20-18-80-16-14-78-12-10-76/h71-72,75-76H,9-70H2,1-6H3. The van der Waals surface area contributed by atoms with Crippen LogP contribution < -0.4 is 0 Å². The van der Waals surface area contributed by atoms with Gasteiger partial charge in [0.15, 0.2) is 0 Å². The quantitative estimate of drug-likeness (QED) is 0.0653. The molecule has 0 saturated carbocycles. The summed E-state index contributed by atoms with van der Waals surface area (Å²) in [7, 11) is 0. The van der Waals surface area contributed by atoms with Gasteiger partial charge < -0.3 is 152 Å². The first-order chi connectivity index (χ1) is 52.2. The van der Waals surface area contributed by atoms with Crippen LogP contribution >= 0.6 is 0 Å². The fourth-order valence-electron chi connectivity index (χ4n) is 8.82. The zero-order valence-electron chi connectivity index (χ0n) is 66.1. The molecule has 2 unspecified atom stereocenters. The van der Waals surface area contributed by atoms with Gasteiger partial charge in [-0.1, -0.05) is 39.5 Å². The van der Waals surface area contributed by atoms with Crippen molar-refractivity contribution in [3.05, 3.63) is 0 Å². The van der Waals surface area contributed by atoms with E-state index < -0.39 is 11.2 Å². The van der Waals surface area contributed by atoms with Crippen molar-refractivity contribution in [2.75, 3.05) is 396 Å². The molecule has 0 amide bonds. The van der Waals surface area contributed by atoms with Gasteiger partial charge in [-0.2, -0.15) is 0 Å². The Kier molecular flexibility index (Phi) is 87.4. The van der Waals surface area contributed by atoms with E-state index in [9.17, 15) is 0 Å². The van der Waals surface area contributed by atoms with Gasteiger partial charge in [0.1, 0.15) is 11.2 Å². The topological polar surface area (TPSA) is 317 Å². The van der Waals surface area contributed by atoms with Crippen LogP contribution in [0.1, 0.15) is 54.4 Å². The largest absolute Gasteiger partial charge is 0.394 e. The zero-order chi connectivity index (χ0) is 76.6. The summed E-state index contributed by atoms with van der Waals surface area (Å²) in [5.74, 6) is 7.65. The van der Waals surface area contributed by atoms with Gasteiger partial charge in [-0.3, -0.25) is 0 Å². The SMILES string of the molecule is CC(C)CC(C)(C#CC(C)(CC(C)C)OCCOCCOCCOCCOCCOCCOCCOCCOCCOCCOCCOCCOCCOCCOCCO)OCCOCCOCCOCCOCCOCCOCCOCCOCCOCCOCCOCCOCCOCCOCCO. The van der Waals surface area contributed by atoms with Crippen molar-refractivity contribution in [1.82, 2.24) is 0 Å². The minimum absolute atomic E-state index is 0.0149.